The fourth-order valence-corrected chi connectivity index (χ4v) is 2.76. The Kier molecular flexibility index (Phi) is 5.69. The van der Waals surface area contributed by atoms with Crippen molar-refractivity contribution in [1.82, 2.24) is 0 Å². The molecule has 1 N–H and O–H groups in total. The molecule has 2 aromatic rings. The smallest absolute Gasteiger partial charge is 0.174 e. The standard InChI is InChI=1S/C15H13ClINO3/c1-20-14-7-10(8-18-19)6-13(17)15(14)21-9-11-4-2-3-5-12(11)16/h2-8,19H,9H2,1H3. The highest BCUT2D eigenvalue weighted by molar-refractivity contribution is 14.1. The van der Waals surface area contributed by atoms with E-state index < -0.39 is 0 Å². The highest BCUT2D eigenvalue weighted by Gasteiger charge is 2.12. The Morgan fingerprint density at radius 3 is 2.76 bits per heavy atom. The molecule has 0 aromatic heterocycles. The number of ether oxygens (including phenoxy) is 2. The number of nitrogens with zero attached hydrogens (tertiary/aromatic N) is 1. The molecule has 2 rings (SSSR count). The molecule has 0 saturated heterocycles. The lowest BCUT2D eigenvalue weighted by atomic mass is 10.2. The third-order valence-electron chi connectivity index (χ3n) is 2.79. The molecule has 6 heteroatoms. The molecule has 0 radical (unpaired) electrons. The molecule has 0 aliphatic carbocycles. The van der Waals surface area contributed by atoms with Crippen LogP contribution in [0.4, 0.5) is 0 Å². The number of hydrogen-bond donors (Lipinski definition) is 1. The van der Waals surface area contributed by atoms with Crippen molar-refractivity contribution in [3.8, 4) is 11.5 Å². The second-order valence-electron chi connectivity index (χ2n) is 4.16. The first-order valence-corrected chi connectivity index (χ1v) is 7.52. The molecule has 2 aromatic carbocycles. The van der Waals surface area contributed by atoms with Crippen molar-refractivity contribution in [2.45, 2.75) is 6.61 Å². The third kappa shape index (κ3) is 4.01. The van der Waals surface area contributed by atoms with Crippen LogP contribution >= 0.6 is 34.2 Å². The molecule has 0 bridgehead atoms. The number of oxime groups is 1. The minimum Gasteiger partial charge on any atom is -0.493 e. The lowest BCUT2D eigenvalue weighted by Crippen LogP contribution is -2.01. The van der Waals surface area contributed by atoms with Crippen molar-refractivity contribution in [1.29, 1.82) is 0 Å². The molecule has 0 saturated carbocycles. The van der Waals surface area contributed by atoms with E-state index in [0.717, 1.165) is 14.7 Å². The summed E-state index contributed by atoms with van der Waals surface area (Å²) in [5.74, 6) is 1.21. The fourth-order valence-electron chi connectivity index (χ4n) is 1.79. The highest BCUT2D eigenvalue weighted by Crippen LogP contribution is 2.34. The van der Waals surface area contributed by atoms with Crippen molar-refractivity contribution in [3.05, 3.63) is 56.1 Å². The molecule has 0 fully saturated rings. The summed E-state index contributed by atoms with van der Waals surface area (Å²) in [6.45, 7) is 0.347. The maximum atomic E-state index is 8.61. The van der Waals surface area contributed by atoms with Crippen LogP contribution in [0, 0.1) is 3.57 Å². The maximum absolute atomic E-state index is 8.61. The molecular formula is C15H13ClINO3. The van der Waals surface area contributed by atoms with Gasteiger partial charge in [-0.1, -0.05) is 35.0 Å². The van der Waals surface area contributed by atoms with E-state index in [1.54, 1.807) is 13.2 Å². The van der Waals surface area contributed by atoms with Crippen LogP contribution in [0.5, 0.6) is 11.5 Å². The van der Waals surface area contributed by atoms with Gasteiger partial charge in [-0.2, -0.15) is 0 Å². The quantitative estimate of drug-likeness (QED) is 0.341. The number of halogens is 2. The van der Waals surface area contributed by atoms with E-state index in [0.29, 0.717) is 23.1 Å². The molecule has 0 amide bonds. The maximum Gasteiger partial charge on any atom is 0.174 e. The minimum atomic E-state index is 0.347. The monoisotopic (exact) mass is 417 g/mol. The minimum absolute atomic E-state index is 0.347. The van der Waals surface area contributed by atoms with Crippen LogP contribution in [0.25, 0.3) is 0 Å². The summed E-state index contributed by atoms with van der Waals surface area (Å²) in [7, 11) is 1.56. The third-order valence-corrected chi connectivity index (χ3v) is 3.96. The van der Waals surface area contributed by atoms with E-state index in [1.165, 1.54) is 6.21 Å². The van der Waals surface area contributed by atoms with Gasteiger partial charge in [-0.05, 0) is 40.8 Å². The van der Waals surface area contributed by atoms with Gasteiger partial charge in [-0.25, -0.2) is 0 Å². The lowest BCUT2D eigenvalue weighted by Gasteiger charge is -2.14. The summed E-state index contributed by atoms with van der Waals surface area (Å²) in [5.41, 5.74) is 1.63. The molecule has 0 aliphatic heterocycles. The Bertz CT molecular complexity index is 661. The van der Waals surface area contributed by atoms with Crippen molar-refractivity contribution in [2.75, 3.05) is 7.11 Å². The molecule has 0 spiro atoms. The van der Waals surface area contributed by atoms with Gasteiger partial charge >= 0.3 is 0 Å². The normalized spacial score (nSPS) is 10.8. The molecule has 4 nitrogen and oxygen atoms in total. The SMILES string of the molecule is COc1cc(C=NO)cc(I)c1OCc1ccccc1Cl. The van der Waals surface area contributed by atoms with E-state index in [9.17, 15) is 0 Å². The molecule has 0 aliphatic rings. The summed E-state index contributed by atoms with van der Waals surface area (Å²) in [6.07, 6.45) is 1.34. The predicted molar refractivity (Wildman–Crippen MR) is 90.9 cm³/mol. The van der Waals surface area contributed by atoms with Gasteiger partial charge in [0, 0.05) is 16.1 Å². The second-order valence-corrected chi connectivity index (χ2v) is 5.73. The van der Waals surface area contributed by atoms with Crippen molar-refractivity contribution < 1.29 is 14.7 Å². The number of benzene rings is 2. The largest absolute Gasteiger partial charge is 0.493 e. The Hall–Kier alpha value is -1.47. The van der Waals surface area contributed by atoms with Gasteiger partial charge in [-0.15, -0.1) is 0 Å². The fraction of sp³-hybridized carbons (Fsp3) is 0.133. The Balaban J connectivity index is 2.25. The van der Waals surface area contributed by atoms with Gasteiger partial charge in [-0.3, -0.25) is 0 Å². The Labute approximate surface area is 141 Å². The van der Waals surface area contributed by atoms with Gasteiger partial charge in [0.25, 0.3) is 0 Å². The van der Waals surface area contributed by atoms with Crippen molar-refractivity contribution in [3.63, 3.8) is 0 Å². The van der Waals surface area contributed by atoms with E-state index in [-0.39, 0.29) is 0 Å². The average molecular weight is 418 g/mol. The topological polar surface area (TPSA) is 51.0 Å². The van der Waals surface area contributed by atoms with Crippen LogP contribution in [-0.4, -0.2) is 18.5 Å². The number of methoxy groups -OCH3 is 1. The Morgan fingerprint density at radius 2 is 2.10 bits per heavy atom. The van der Waals surface area contributed by atoms with Crippen LogP contribution in [0.1, 0.15) is 11.1 Å². The predicted octanol–water partition coefficient (Wildman–Crippen LogP) is 4.34. The summed E-state index contributed by atoms with van der Waals surface area (Å²) >= 11 is 8.26. The molecular weight excluding hydrogens is 405 g/mol. The van der Waals surface area contributed by atoms with Crippen LogP contribution < -0.4 is 9.47 Å². The zero-order valence-corrected chi connectivity index (χ0v) is 14.1. The van der Waals surface area contributed by atoms with Crippen molar-refractivity contribution >= 4 is 40.4 Å². The molecule has 0 atom stereocenters. The van der Waals surface area contributed by atoms with E-state index in [4.69, 9.17) is 26.3 Å². The van der Waals surface area contributed by atoms with Crippen LogP contribution in [0.15, 0.2) is 41.6 Å². The summed E-state index contributed by atoms with van der Waals surface area (Å²) in [5, 5.41) is 12.3. The second kappa shape index (κ2) is 7.51. The zero-order valence-electron chi connectivity index (χ0n) is 11.2. The number of hydrogen-bond acceptors (Lipinski definition) is 4. The van der Waals surface area contributed by atoms with Gasteiger partial charge < -0.3 is 14.7 Å². The summed E-state index contributed by atoms with van der Waals surface area (Å²) < 4.78 is 12.0. The first kappa shape index (κ1) is 15.9. The molecule has 0 unspecified atom stereocenters. The van der Waals surface area contributed by atoms with Crippen LogP contribution in [0.2, 0.25) is 5.02 Å². The first-order valence-electron chi connectivity index (χ1n) is 6.07. The van der Waals surface area contributed by atoms with Gasteiger partial charge in [0.15, 0.2) is 11.5 Å². The molecule has 0 heterocycles. The number of rotatable bonds is 5. The molecule has 21 heavy (non-hydrogen) atoms. The van der Waals surface area contributed by atoms with E-state index in [1.807, 2.05) is 30.3 Å². The Morgan fingerprint density at radius 1 is 1.33 bits per heavy atom. The average Bonchev–Trinajstić information content (AvgIpc) is 2.47. The van der Waals surface area contributed by atoms with Crippen LogP contribution in [0.3, 0.4) is 0 Å². The molecule has 110 valence electrons. The van der Waals surface area contributed by atoms with E-state index in [2.05, 4.69) is 27.7 Å². The summed E-state index contributed by atoms with van der Waals surface area (Å²) in [4.78, 5) is 0. The van der Waals surface area contributed by atoms with Crippen LogP contribution in [-0.2, 0) is 6.61 Å². The van der Waals surface area contributed by atoms with Gasteiger partial charge in [0.1, 0.15) is 6.61 Å². The zero-order chi connectivity index (χ0) is 15.2. The van der Waals surface area contributed by atoms with Gasteiger partial charge in [0.2, 0.25) is 0 Å². The highest BCUT2D eigenvalue weighted by atomic mass is 127. The lowest BCUT2D eigenvalue weighted by molar-refractivity contribution is 0.282. The summed E-state index contributed by atoms with van der Waals surface area (Å²) in [6, 6.07) is 11.1. The van der Waals surface area contributed by atoms with Gasteiger partial charge in [0.05, 0.1) is 16.9 Å². The van der Waals surface area contributed by atoms with Crippen molar-refractivity contribution in [2.24, 2.45) is 5.16 Å². The van der Waals surface area contributed by atoms with E-state index >= 15 is 0 Å². The first-order chi connectivity index (χ1) is 10.2.